The minimum Gasteiger partial charge on any atom is -0.492 e. The van der Waals surface area contributed by atoms with E-state index in [1.54, 1.807) is 50.2 Å². The van der Waals surface area contributed by atoms with Crippen LogP contribution in [0.4, 0.5) is 5.69 Å². The number of nitrogens with zero attached hydrogens (tertiary/aromatic N) is 2. The Kier molecular flexibility index (Phi) is 10.5. The summed E-state index contributed by atoms with van der Waals surface area (Å²) in [5, 5.41) is 2.84. The Morgan fingerprint density at radius 2 is 1.56 bits per heavy atom. The summed E-state index contributed by atoms with van der Waals surface area (Å²) in [7, 11) is -4.17. The zero-order valence-corrected chi connectivity index (χ0v) is 23.8. The molecular formula is C30H37N3O5S. The van der Waals surface area contributed by atoms with E-state index in [-0.39, 0.29) is 23.0 Å². The Hall–Kier alpha value is -3.85. The molecule has 0 radical (unpaired) electrons. The highest BCUT2D eigenvalue weighted by molar-refractivity contribution is 7.92. The van der Waals surface area contributed by atoms with Gasteiger partial charge in [0.05, 0.1) is 17.2 Å². The van der Waals surface area contributed by atoms with Crippen molar-refractivity contribution in [2.75, 3.05) is 24.0 Å². The molecule has 0 aliphatic carbocycles. The van der Waals surface area contributed by atoms with Crippen LogP contribution in [0.25, 0.3) is 0 Å². The van der Waals surface area contributed by atoms with Crippen molar-refractivity contribution in [3.63, 3.8) is 0 Å². The second-order valence-electron chi connectivity index (χ2n) is 9.20. The minimum atomic E-state index is -4.17. The summed E-state index contributed by atoms with van der Waals surface area (Å²) < 4.78 is 34.8. The lowest BCUT2D eigenvalue weighted by Gasteiger charge is -2.32. The molecule has 0 aromatic heterocycles. The first-order valence-corrected chi connectivity index (χ1v) is 14.5. The van der Waals surface area contributed by atoms with Gasteiger partial charge in [0.15, 0.2) is 0 Å². The molecule has 0 saturated carbocycles. The highest BCUT2D eigenvalue weighted by atomic mass is 32.2. The Labute approximate surface area is 231 Å². The number of ether oxygens (including phenoxy) is 1. The number of benzene rings is 3. The number of sulfonamides is 1. The van der Waals surface area contributed by atoms with Crippen molar-refractivity contribution >= 4 is 27.5 Å². The van der Waals surface area contributed by atoms with Gasteiger partial charge in [-0.3, -0.25) is 13.9 Å². The lowest BCUT2D eigenvalue weighted by atomic mass is 10.1. The van der Waals surface area contributed by atoms with Crippen LogP contribution in [-0.2, 0) is 26.2 Å². The molecule has 0 bridgehead atoms. The van der Waals surface area contributed by atoms with E-state index in [0.717, 1.165) is 21.9 Å². The molecule has 1 atom stereocenters. The molecule has 1 N–H and O–H groups in total. The third-order valence-corrected chi connectivity index (χ3v) is 8.01. The average molecular weight is 552 g/mol. The van der Waals surface area contributed by atoms with E-state index in [9.17, 15) is 18.0 Å². The third kappa shape index (κ3) is 7.60. The van der Waals surface area contributed by atoms with E-state index in [0.29, 0.717) is 18.9 Å². The Morgan fingerprint density at radius 1 is 0.923 bits per heavy atom. The number of nitrogens with one attached hydrogen (secondary N) is 1. The summed E-state index contributed by atoms with van der Waals surface area (Å²) >= 11 is 0. The molecule has 0 fully saturated rings. The van der Waals surface area contributed by atoms with Crippen LogP contribution in [0.15, 0.2) is 83.8 Å². The van der Waals surface area contributed by atoms with Crippen LogP contribution in [0.3, 0.4) is 0 Å². The van der Waals surface area contributed by atoms with Gasteiger partial charge in [0.1, 0.15) is 18.3 Å². The summed E-state index contributed by atoms with van der Waals surface area (Å²) in [6.45, 7) is 7.70. The van der Waals surface area contributed by atoms with Crippen molar-refractivity contribution in [3.05, 3.63) is 90.0 Å². The normalized spacial score (nSPS) is 11.9. The van der Waals surface area contributed by atoms with E-state index in [4.69, 9.17) is 4.74 Å². The van der Waals surface area contributed by atoms with E-state index in [1.165, 1.54) is 17.0 Å². The van der Waals surface area contributed by atoms with Crippen LogP contribution in [0.5, 0.6) is 5.75 Å². The summed E-state index contributed by atoms with van der Waals surface area (Å²) in [4.78, 5) is 28.3. The smallest absolute Gasteiger partial charge is 0.264 e. The first kappa shape index (κ1) is 29.7. The molecule has 3 aromatic carbocycles. The monoisotopic (exact) mass is 551 g/mol. The first-order valence-electron chi connectivity index (χ1n) is 13.1. The van der Waals surface area contributed by atoms with Crippen LogP contribution < -0.4 is 14.4 Å². The maximum absolute atomic E-state index is 14.0. The molecular weight excluding hydrogens is 514 g/mol. The molecule has 8 nitrogen and oxygen atoms in total. The van der Waals surface area contributed by atoms with Gasteiger partial charge in [-0.1, -0.05) is 67.1 Å². The van der Waals surface area contributed by atoms with Crippen molar-refractivity contribution in [3.8, 4) is 5.75 Å². The van der Waals surface area contributed by atoms with Gasteiger partial charge >= 0.3 is 0 Å². The zero-order valence-electron chi connectivity index (χ0n) is 23.0. The number of amides is 2. The van der Waals surface area contributed by atoms with Crippen LogP contribution in [0, 0.1) is 6.92 Å². The molecule has 3 aromatic rings. The number of carbonyl (C=O) groups excluding carboxylic acids is 2. The molecule has 0 saturated heterocycles. The molecule has 208 valence electrons. The molecule has 0 spiro atoms. The number of rotatable bonds is 13. The Bertz CT molecular complexity index is 1340. The number of para-hydroxylation sites is 2. The zero-order chi connectivity index (χ0) is 28.4. The first-order chi connectivity index (χ1) is 18.7. The van der Waals surface area contributed by atoms with E-state index < -0.39 is 28.5 Å². The van der Waals surface area contributed by atoms with E-state index in [1.807, 2.05) is 44.2 Å². The number of hydrogen-bond donors (Lipinski definition) is 1. The second-order valence-corrected chi connectivity index (χ2v) is 11.1. The molecule has 2 amide bonds. The highest BCUT2D eigenvalue weighted by Gasteiger charge is 2.33. The van der Waals surface area contributed by atoms with E-state index >= 15 is 0 Å². The predicted molar refractivity (Wildman–Crippen MR) is 153 cm³/mol. The van der Waals surface area contributed by atoms with Crippen molar-refractivity contribution in [1.29, 1.82) is 0 Å². The van der Waals surface area contributed by atoms with Crippen molar-refractivity contribution < 1.29 is 22.7 Å². The number of anilines is 1. The standard InChI is InChI=1S/C30H37N3O5S/c1-5-20-31-30(35)24(4)32(21-25-12-8-7-9-13-25)29(34)22-33(27-14-10-11-15-28(27)38-6-2)39(36,37)26-18-16-23(3)17-19-26/h7-19,24H,5-6,20-22H2,1-4H3,(H,31,35)/t24-/m1/s1. The quantitative estimate of drug-likeness (QED) is 0.337. The molecule has 39 heavy (non-hydrogen) atoms. The lowest BCUT2D eigenvalue weighted by molar-refractivity contribution is -0.139. The van der Waals surface area contributed by atoms with Crippen molar-refractivity contribution in [1.82, 2.24) is 10.2 Å². The summed E-state index contributed by atoms with van der Waals surface area (Å²) in [5.74, 6) is -0.476. The van der Waals surface area contributed by atoms with Crippen LogP contribution in [0.1, 0.15) is 38.3 Å². The predicted octanol–water partition coefficient (Wildman–Crippen LogP) is 4.53. The van der Waals surface area contributed by atoms with Crippen LogP contribution in [0.2, 0.25) is 0 Å². The Morgan fingerprint density at radius 3 is 2.21 bits per heavy atom. The third-order valence-electron chi connectivity index (χ3n) is 6.23. The molecule has 0 heterocycles. The fourth-order valence-corrected chi connectivity index (χ4v) is 5.47. The molecule has 9 heteroatoms. The van der Waals surface area contributed by atoms with Gasteiger partial charge in [0, 0.05) is 13.1 Å². The number of aryl methyl sites for hydroxylation is 1. The van der Waals surface area contributed by atoms with Gasteiger partial charge in [-0.2, -0.15) is 0 Å². The van der Waals surface area contributed by atoms with Crippen LogP contribution >= 0.6 is 0 Å². The van der Waals surface area contributed by atoms with Gasteiger partial charge in [-0.25, -0.2) is 8.42 Å². The van der Waals surface area contributed by atoms with Crippen molar-refractivity contribution in [2.24, 2.45) is 0 Å². The SMILES string of the molecule is CCCNC(=O)[C@@H](C)N(Cc1ccccc1)C(=O)CN(c1ccccc1OCC)S(=O)(=O)c1ccc(C)cc1. The van der Waals surface area contributed by atoms with Gasteiger partial charge < -0.3 is 15.0 Å². The van der Waals surface area contributed by atoms with Gasteiger partial charge in [-0.05, 0) is 57.0 Å². The average Bonchev–Trinajstić information content (AvgIpc) is 2.94. The number of hydrogen-bond acceptors (Lipinski definition) is 5. The summed E-state index contributed by atoms with van der Waals surface area (Å²) in [6, 6.07) is 21.7. The van der Waals surface area contributed by atoms with Gasteiger partial charge in [-0.15, -0.1) is 0 Å². The molecule has 3 rings (SSSR count). The molecule has 0 aliphatic rings. The lowest BCUT2D eigenvalue weighted by Crippen LogP contribution is -2.51. The fraction of sp³-hybridized carbons (Fsp3) is 0.333. The number of carbonyl (C=O) groups is 2. The highest BCUT2D eigenvalue weighted by Crippen LogP contribution is 2.33. The molecule has 0 unspecified atom stereocenters. The van der Waals surface area contributed by atoms with Crippen LogP contribution in [-0.4, -0.2) is 50.9 Å². The minimum absolute atomic E-state index is 0.0514. The second kappa shape index (κ2) is 13.8. The Balaban J connectivity index is 2.06. The van der Waals surface area contributed by atoms with Crippen molar-refractivity contribution in [2.45, 2.75) is 51.6 Å². The summed E-state index contributed by atoms with van der Waals surface area (Å²) in [5.41, 5.74) is 1.98. The van der Waals surface area contributed by atoms with Gasteiger partial charge in [0.25, 0.3) is 10.0 Å². The molecule has 0 aliphatic heterocycles. The van der Waals surface area contributed by atoms with E-state index in [2.05, 4.69) is 5.32 Å². The topological polar surface area (TPSA) is 96.0 Å². The maximum Gasteiger partial charge on any atom is 0.264 e. The maximum atomic E-state index is 14.0. The fourth-order valence-electron chi connectivity index (χ4n) is 4.05. The largest absolute Gasteiger partial charge is 0.492 e. The summed E-state index contributed by atoms with van der Waals surface area (Å²) in [6.07, 6.45) is 0.752. The van der Waals surface area contributed by atoms with Gasteiger partial charge in [0.2, 0.25) is 11.8 Å².